The van der Waals surface area contributed by atoms with Crippen molar-refractivity contribution < 1.29 is 48.3 Å². The third-order valence-electron chi connectivity index (χ3n) is 14.6. The molecule has 0 radical (unpaired) electrons. The number of aliphatic hydroxyl groups excluding tert-OH is 1. The van der Waals surface area contributed by atoms with Crippen molar-refractivity contribution in [3.05, 3.63) is 0 Å². The lowest BCUT2D eigenvalue weighted by Crippen LogP contribution is -2.84. The second-order valence-electron chi connectivity index (χ2n) is 18.1. The van der Waals surface area contributed by atoms with Gasteiger partial charge in [0.2, 0.25) is 0 Å². The number of ketones is 1. The maximum atomic E-state index is 14.3. The molecule has 1 unspecified atom stereocenters. The fourth-order valence-corrected chi connectivity index (χ4v) is 12.7. The fourth-order valence-electron chi connectivity index (χ4n) is 12.7. The molecule has 11 heteroatoms. The summed E-state index contributed by atoms with van der Waals surface area (Å²) in [5.41, 5.74) is -3.94. The maximum absolute atomic E-state index is 14.3. The Bertz CT molecular complexity index is 1400. The van der Waals surface area contributed by atoms with E-state index in [9.17, 15) is 24.6 Å². The number of Topliss-reactive ketones (excluding diaryl/α,β-unsaturated/α-hetero) is 1. The van der Waals surface area contributed by atoms with Crippen molar-refractivity contribution in [3.63, 3.8) is 0 Å². The maximum Gasteiger partial charge on any atom is 0.309 e. The minimum Gasteiger partial charge on any atom is -0.456 e. The van der Waals surface area contributed by atoms with Gasteiger partial charge in [-0.15, -0.1) is 0 Å². The molecule has 9 rings (SSSR count). The number of aliphatic hydroxyl groups is 2. The highest BCUT2D eigenvalue weighted by atomic mass is 16.9. The molecule has 0 aromatic carbocycles. The van der Waals surface area contributed by atoms with Crippen LogP contribution in [0.3, 0.4) is 0 Å². The van der Waals surface area contributed by atoms with E-state index in [1.54, 1.807) is 34.6 Å². The highest BCUT2D eigenvalue weighted by molar-refractivity contribution is 5.89. The first-order valence-electron chi connectivity index (χ1n) is 18.6. The van der Waals surface area contributed by atoms with Crippen LogP contribution < -0.4 is 0 Å². The summed E-state index contributed by atoms with van der Waals surface area (Å²) >= 11 is 0. The summed E-state index contributed by atoms with van der Waals surface area (Å²) in [6.45, 7) is 16.7. The Morgan fingerprint density at radius 2 is 1.67 bits per heavy atom. The number of hydrogen-bond donors (Lipinski definition) is 2. The van der Waals surface area contributed by atoms with Crippen LogP contribution in [0.1, 0.15) is 93.9 Å². The van der Waals surface area contributed by atoms with Crippen LogP contribution in [0, 0.1) is 52.8 Å². The molecule has 16 atom stereocenters. The average Bonchev–Trinajstić information content (AvgIpc) is 3.24. The van der Waals surface area contributed by atoms with Crippen LogP contribution in [0.15, 0.2) is 0 Å². The number of carbonyl (C=O) groups excluding carboxylic acids is 3. The molecule has 5 saturated heterocycles. The van der Waals surface area contributed by atoms with Crippen molar-refractivity contribution in [2.75, 3.05) is 13.1 Å². The fraction of sp³-hybridized carbons (Fsp3) is 0.919. The summed E-state index contributed by atoms with van der Waals surface area (Å²) < 4.78 is 32.9. The standard InChI is InChI=1S/C37H55NO10/c1-17(2)31(41)44-23-11-12-33(6)21(27(23)39)13-24-29-36(33)14-22-20-16-38-15-19(5)9-10-25(38)34(7,43)26(20)28(40)30(45-32(42)18(3)4)37(22,29)48-35(8,46-24)47-36/h17-26,28-30,40,43H,9-16H2,1-8H3/t19-,20-,21-,22-,23-,24+,25-,26+,28+,29+,30-,33-,34+,35?,36+,37-/m0/s1. The van der Waals surface area contributed by atoms with Gasteiger partial charge in [-0.05, 0) is 63.2 Å². The number of piperidine rings is 2. The van der Waals surface area contributed by atoms with E-state index in [-0.39, 0.29) is 35.5 Å². The minimum atomic E-state index is -1.49. The van der Waals surface area contributed by atoms with Gasteiger partial charge in [0, 0.05) is 49.2 Å². The normalized spacial score (nSPS) is 55.1. The van der Waals surface area contributed by atoms with Crippen LogP contribution in [-0.4, -0.2) is 99.2 Å². The Balaban J connectivity index is 1.26. The van der Waals surface area contributed by atoms with Crippen LogP contribution in [0.5, 0.6) is 0 Å². The van der Waals surface area contributed by atoms with E-state index in [2.05, 4.69) is 18.7 Å². The molecule has 268 valence electrons. The third kappa shape index (κ3) is 4.12. The molecule has 48 heavy (non-hydrogen) atoms. The lowest BCUT2D eigenvalue weighted by atomic mass is 9.46. The zero-order valence-corrected chi connectivity index (χ0v) is 29.8. The second kappa shape index (κ2) is 10.5. The molecule has 2 N–H and O–H groups in total. The van der Waals surface area contributed by atoms with Crippen LogP contribution in [-0.2, 0) is 38.1 Å². The Morgan fingerprint density at radius 1 is 0.979 bits per heavy atom. The van der Waals surface area contributed by atoms with Gasteiger partial charge in [-0.2, -0.15) is 0 Å². The molecule has 4 saturated carbocycles. The van der Waals surface area contributed by atoms with Crippen molar-refractivity contribution in [2.45, 2.75) is 147 Å². The molecule has 5 bridgehead atoms. The Hall–Kier alpha value is -1.63. The van der Waals surface area contributed by atoms with Crippen LogP contribution in [0.2, 0.25) is 0 Å². The summed E-state index contributed by atoms with van der Waals surface area (Å²) in [7, 11) is 0. The van der Waals surface area contributed by atoms with Crippen LogP contribution >= 0.6 is 0 Å². The van der Waals surface area contributed by atoms with E-state index in [4.69, 9.17) is 23.7 Å². The highest BCUT2D eigenvalue weighted by Gasteiger charge is 2.88. The number of hydrogen-bond acceptors (Lipinski definition) is 11. The molecule has 9 fully saturated rings. The molecular formula is C37H55NO10. The van der Waals surface area contributed by atoms with E-state index in [1.807, 2.05) is 6.92 Å². The van der Waals surface area contributed by atoms with E-state index in [0.29, 0.717) is 38.1 Å². The molecule has 0 aromatic rings. The molecule has 5 aliphatic heterocycles. The molecule has 1 spiro atoms. The molecule has 5 heterocycles. The van der Waals surface area contributed by atoms with Gasteiger partial charge in [0.1, 0.15) is 5.60 Å². The largest absolute Gasteiger partial charge is 0.456 e. The van der Waals surface area contributed by atoms with Gasteiger partial charge in [-0.3, -0.25) is 19.3 Å². The van der Waals surface area contributed by atoms with Crippen molar-refractivity contribution in [2.24, 2.45) is 52.8 Å². The SMILES string of the molecule is CC(C)C(=O)O[C@H]1CC[C@@]2(C)[C@@H](C[C@H]3OC4(C)O[C@@]56[C@@H](C[C@@]2(O4)[C@@H]35)[C@@H]2CN3C[C@@H](C)CC[C@H]3[C@@](C)(O)[C@H]2[C@@H](O)[C@@H]6OC(=O)C(C)C)C1=O. The van der Waals surface area contributed by atoms with Gasteiger partial charge >= 0.3 is 11.9 Å². The van der Waals surface area contributed by atoms with E-state index >= 15 is 0 Å². The average molecular weight is 674 g/mol. The predicted molar refractivity (Wildman–Crippen MR) is 170 cm³/mol. The predicted octanol–water partition coefficient (Wildman–Crippen LogP) is 3.22. The Morgan fingerprint density at radius 3 is 2.35 bits per heavy atom. The van der Waals surface area contributed by atoms with Crippen molar-refractivity contribution in [1.82, 2.24) is 4.90 Å². The monoisotopic (exact) mass is 673 g/mol. The Kier molecular flexibility index (Phi) is 7.31. The van der Waals surface area contributed by atoms with Gasteiger partial charge < -0.3 is 33.9 Å². The smallest absolute Gasteiger partial charge is 0.309 e. The van der Waals surface area contributed by atoms with Gasteiger partial charge in [-0.1, -0.05) is 41.5 Å². The molecule has 11 nitrogen and oxygen atoms in total. The third-order valence-corrected chi connectivity index (χ3v) is 14.6. The first kappa shape index (κ1) is 33.5. The van der Waals surface area contributed by atoms with Crippen molar-refractivity contribution in [3.8, 4) is 0 Å². The van der Waals surface area contributed by atoms with Crippen molar-refractivity contribution >= 4 is 17.7 Å². The van der Waals surface area contributed by atoms with E-state index < -0.39 is 82.2 Å². The zero-order valence-electron chi connectivity index (χ0n) is 29.8. The van der Waals surface area contributed by atoms with Gasteiger partial charge in [0.25, 0.3) is 5.97 Å². The summed E-state index contributed by atoms with van der Waals surface area (Å²) in [4.78, 5) is 42.8. The number of nitrogens with zero attached hydrogens (tertiary/aromatic N) is 1. The van der Waals surface area contributed by atoms with Gasteiger partial charge in [-0.25, -0.2) is 0 Å². The lowest BCUT2D eigenvalue weighted by Gasteiger charge is -2.72. The summed E-state index contributed by atoms with van der Waals surface area (Å²) in [6.07, 6.45) is 0.229. The number of ether oxygens (including phenoxy) is 5. The topological polar surface area (TPSA) is 141 Å². The first-order valence-corrected chi connectivity index (χ1v) is 18.6. The summed E-state index contributed by atoms with van der Waals surface area (Å²) in [5, 5.41) is 25.1. The van der Waals surface area contributed by atoms with E-state index in [1.165, 1.54) is 0 Å². The zero-order chi connectivity index (χ0) is 34.5. The first-order chi connectivity index (χ1) is 22.4. The van der Waals surface area contributed by atoms with Crippen LogP contribution in [0.25, 0.3) is 0 Å². The number of fused-ring (bicyclic) bond motifs is 4. The number of carbonyl (C=O) groups is 3. The van der Waals surface area contributed by atoms with Crippen molar-refractivity contribution in [1.29, 1.82) is 0 Å². The molecule has 0 aromatic heterocycles. The molecule has 9 aliphatic rings. The highest BCUT2D eigenvalue weighted by Crippen LogP contribution is 2.78. The molecule has 4 aliphatic carbocycles. The summed E-state index contributed by atoms with van der Waals surface area (Å²) in [5.74, 6) is -4.56. The lowest BCUT2D eigenvalue weighted by molar-refractivity contribution is -0.559. The molecule has 0 amide bonds. The summed E-state index contributed by atoms with van der Waals surface area (Å²) in [6, 6.07) is -0.115. The van der Waals surface area contributed by atoms with Crippen LogP contribution in [0.4, 0.5) is 0 Å². The number of esters is 2. The second-order valence-corrected chi connectivity index (χ2v) is 18.1. The van der Waals surface area contributed by atoms with Gasteiger partial charge in [0.05, 0.1) is 35.2 Å². The van der Waals surface area contributed by atoms with E-state index in [0.717, 1.165) is 19.4 Å². The quantitative estimate of drug-likeness (QED) is 0.425. The molecular weight excluding hydrogens is 618 g/mol. The Labute approximate surface area is 283 Å². The number of rotatable bonds is 4. The van der Waals surface area contributed by atoms with Gasteiger partial charge in [0.15, 0.2) is 18.0 Å². The minimum absolute atomic E-state index is 0.0896.